The molecule has 34 heavy (non-hydrogen) atoms. The van der Waals surface area contributed by atoms with Crippen molar-refractivity contribution in [3.05, 3.63) is 101 Å². The molecular formula is C26H22ClN3O2S2. The molecule has 2 unspecified atom stereocenters. The minimum atomic E-state index is -0.975. The van der Waals surface area contributed by atoms with Gasteiger partial charge in [0.2, 0.25) is 0 Å². The fraction of sp³-hybridized carbons (Fsp3) is 0.154. The number of carboxylic acids is 1. The minimum Gasteiger partial charge on any atom is -0.480 e. The van der Waals surface area contributed by atoms with Gasteiger partial charge >= 0.3 is 5.97 Å². The van der Waals surface area contributed by atoms with Crippen LogP contribution < -0.4 is 10.0 Å². The molecular weight excluding hydrogens is 486 g/mol. The van der Waals surface area contributed by atoms with Crippen molar-refractivity contribution in [1.29, 1.82) is 0 Å². The van der Waals surface area contributed by atoms with Crippen LogP contribution in [0.4, 0.5) is 5.69 Å². The van der Waals surface area contributed by atoms with E-state index in [1.54, 1.807) is 17.5 Å². The molecule has 0 saturated heterocycles. The van der Waals surface area contributed by atoms with Crippen LogP contribution in [0.25, 0.3) is 10.4 Å². The maximum atomic E-state index is 12.2. The third kappa shape index (κ3) is 4.98. The van der Waals surface area contributed by atoms with Crippen molar-refractivity contribution < 1.29 is 9.90 Å². The zero-order valence-electron chi connectivity index (χ0n) is 18.1. The van der Waals surface area contributed by atoms with Crippen LogP contribution in [-0.2, 0) is 11.3 Å². The molecule has 5 rings (SSSR count). The van der Waals surface area contributed by atoms with E-state index >= 15 is 0 Å². The van der Waals surface area contributed by atoms with Gasteiger partial charge < -0.3 is 10.4 Å². The van der Waals surface area contributed by atoms with E-state index in [0.29, 0.717) is 18.0 Å². The molecule has 5 nitrogen and oxygen atoms in total. The number of carboxylic acid groups (broad SMARTS) is 1. The van der Waals surface area contributed by atoms with Crippen molar-refractivity contribution in [2.24, 2.45) is 0 Å². The summed E-state index contributed by atoms with van der Waals surface area (Å²) < 4.78 is 4.28. The molecule has 1 saturated carbocycles. The molecule has 4 aromatic rings. The molecule has 2 aromatic heterocycles. The highest BCUT2D eigenvalue weighted by Gasteiger charge is 2.61. The molecule has 1 fully saturated rings. The van der Waals surface area contributed by atoms with E-state index < -0.39 is 11.5 Å². The lowest BCUT2D eigenvalue weighted by atomic mass is 10.1. The Labute approximate surface area is 211 Å². The average Bonchev–Trinajstić information content (AvgIpc) is 3.43. The zero-order valence-corrected chi connectivity index (χ0v) is 20.5. The Morgan fingerprint density at radius 2 is 2.00 bits per heavy atom. The van der Waals surface area contributed by atoms with Crippen LogP contribution >= 0.6 is 34.9 Å². The number of benzene rings is 2. The van der Waals surface area contributed by atoms with Crippen molar-refractivity contribution in [2.75, 3.05) is 5.32 Å². The lowest BCUT2D eigenvalue weighted by Crippen LogP contribution is -2.36. The minimum absolute atomic E-state index is 0.0895. The number of halogens is 1. The number of aliphatic carboxylic acids is 1. The Balaban J connectivity index is 1.25. The first-order chi connectivity index (χ1) is 16.5. The van der Waals surface area contributed by atoms with Gasteiger partial charge in [0.05, 0.1) is 4.21 Å². The summed E-state index contributed by atoms with van der Waals surface area (Å²) in [5, 5.41) is 14.1. The van der Waals surface area contributed by atoms with Gasteiger partial charge in [-0.1, -0.05) is 41.9 Å². The third-order valence-electron chi connectivity index (χ3n) is 5.89. The van der Waals surface area contributed by atoms with E-state index in [9.17, 15) is 9.90 Å². The first kappa shape index (κ1) is 22.9. The highest BCUT2D eigenvalue weighted by atomic mass is 35.5. The number of rotatable bonds is 9. The summed E-state index contributed by atoms with van der Waals surface area (Å²) in [6, 6.07) is 23.7. The van der Waals surface area contributed by atoms with Gasteiger partial charge in [-0.25, -0.2) is 4.72 Å². The number of anilines is 1. The molecule has 2 atom stereocenters. The maximum Gasteiger partial charge on any atom is 0.325 e. The van der Waals surface area contributed by atoms with Gasteiger partial charge in [0.15, 0.2) is 0 Å². The Kier molecular flexibility index (Phi) is 6.61. The predicted molar refractivity (Wildman–Crippen MR) is 139 cm³/mol. The molecule has 0 radical (unpaired) electrons. The van der Waals surface area contributed by atoms with E-state index in [1.165, 1.54) is 11.9 Å². The monoisotopic (exact) mass is 507 g/mol. The van der Waals surface area contributed by atoms with Gasteiger partial charge in [0, 0.05) is 40.4 Å². The molecule has 172 valence electrons. The molecule has 0 amide bonds. The summed E-state index contributed by atoms with van der Waals surface area (Å²) in [6.45, 7) is 0.661. The summed E-state index contributed by atoms with van der Waals surface area (Å²) >= 11 is 9.00. The van der Waals surface area contributed by atoms with Gasteiger partial charge in [-0.15, -0.1) is 11.3 Å². The number of hydrogen-bond acceptors (Lipinski definition) is 6. The lowest BCUT2D eigenvalue weighted by Gasteiger charge is -2.14. The van der Waals surface area contributed by atoms with E-state index in [2.05, 4.69) is 15.0 Å². The van der Waals surface area contributed by atoms with Crippen molar-refractivity contribution in [3.8, 4) is 10.4 Å². The third-order valence-corrected chi connectivity index (χ3v) is 8.38. The van der Waals surface area contributed by atoms with Gasteiger partial charge in [-0.3, -0.25) is 9.78 Å². The van der Waals surface area contributed by atoms with Crippen molar-refractivity contribution in [2.45, 2.75) is 28.6 Å². The second kappa shape index (κ2) is 9.80. The van der Waals surface area contributed by atoms with Crippen LogP contribution in [-0.4, -0.2) is 21.6 Å². The van der Waals surface area contributed by atoms with Gasteiger partial charge in [-0.05, 0) is 77.5 Å². The maximum absolute atomic E-state index is 12.2. The average molecular weight is 508 g/mol. The number of nitrogens with one attached hydrogen (secondary N) is 2. The van der Waals surface area contributed by atoms with E-state index in [0.717, 1.165) is 31.5 Å². The molecule has 2 aromatic carbocycles. The van der Waals surface area contributed by atoms with Gasteiger partial charge in [0.1, 0.15) is 5.54 Å². The standard InChI is InChI=1S/C26H22ClN3O2S2/c27-20-8-6-18(7-9-20)23-10-11-24(33-23)34-30-26(25(31)32)14-22(26)19-4-1-5-21(13-19)29-16-17-3-2-12-28-15-17/h1-13,15,22,29-30H,14,16H2,(H,31,32). The van der Waals surface area contributed by atoms with Crippen LogP contribution in [0.15, 0.2) is 89.4 Å². The smallest absolute Gasteiger partial charge is 0.325 e. The van der Waals surface area contributed by atoms with Crippen molar-refractivity contribution >= 4 is 46.5 Å². The Morgan fingerprint density at radius 3 is 2.76 bits per heavy atom. The Morgan fingerprint density at radius 1 is 1.15 bits per heavy atom. The highest BCUT2D eigenvalue weighted by Crippen LogP contribution is 2.53. The quantitative estimate of drug-likeness (QED) is 0.219. The summed E-state index contributed by atoms with van der Waals surface area (Å²) in [7, 11) is 0. The molecule has 1 aliphatic rings. The number of pyridine rings is 1. The summed E-state index contributed by atoms with van der Waals surface area (Å²) in [5.74, 6) is -0.915. The number of carbonyl (C=O) groups is 1. The van der Waals surface area contributed by atoms with Crippen LogP contribution in [0.5, 0.6) is 0 Å². The lowest BCUT2D eigenvalue weighted by molar-refractivity contribution is -0.140. The molecule has 0 spiro atoms. The van der Waals surface area contributed by atoms with Crippen molar-refractivity contribution in [1.82, 2.24) is 9.71 Å². The molecule has 3 N–H and O–H groups in total. The van der Waals surface area contributed by atoms with Crippen LogP contribution in [0.2, 0.25) is 5.02 Å². The normalized spacial score (nSPS) is 19.0. The van der Waals surface area contributed by atoms with Gasteiger partial charge in [0.25, 0.3) is 0 Å². The number of hydrogen-bond donors (Lipinski definition) is 3. The molecule has 0 aliphatic heterocycles. The molecule has 2 heterocycles. The van der Waals surface area contributed by atoms with E-state index in [-0.39, 0.29) is 5.92 Å². The fourth-order valence-corrected chi connectivity index (χ4v) is 6.08. The molecule has 1 aliphatic carbocycles. The SMILES string of the molecule is O=C(O)C1(NSc2ccc(-c3ccc(Cl)cc3)s2)CC1c1cccc(NCc2cccnc2)c1. The molecule has 8 heteroatoms. The topological polar surface area (TPSA) is 74.2 Å². The first-order valence-corrected chi connectivity index (χ1v) is 12.8. The summed E-state index contributed by atoms with van der Waals surface area (Å²) in [5.41, 5.74) is 3.18. The van der Waals surface area contributed by atoms with Crippen molar-refractivity contribution in [3.63, 3.8) is 0 Å². The Bertz CT molecular complexity index is 1300. The first-order valence-electron chi connectivity index (χ1n) is 10.8. The fourth-order valence-electron chi connectivity index (χ4n) is 3.92. The second-order valence-electron chi connectivity index (χ2n) is 8.20. The van der Waals surface area contributed by atoms with E-state index in [1.807, 2.05) is 79.0 Å². The largest absolute Gasteiger partial charge is 0.480 e. The van der Waals surface area contributed by atoms with Gasteiger partial charge in [-0.2, -0.15) is 0 Å². The predicted octanol–water partition coefficient (Wildman–Crippen LogP) is 6.68. The van der Waals surface area contributed by atoms with Crippen LogP contribution in [0.1, 0.15) is 23.5 Å². The Hall–Kier alpha value is -2.84. The number of thiophene rings is 1. The summed E-state index contributed by atoms with van der Waals surface area (Å²) in [4.78, 5) is 17.5. The molecule has 0 bridgehead atoms. The van der Waals surface area contributed by atoms with Crippen LogP contribution in [0, 0.1) is 0 Å². The van der Waals surface area contributed by atoms with Crippen LogP contribution in [0.3, 0.4) is 0 Å². The summed E-state index contributed by atoms with van der Waals surface area (Å²) in [6.07, 6.45) is 4.14. The highest BCUT2D eigenvalue weighted by molar-refractivity contribution is 7.99. The number of nitrogens with zero attached hydrogens (tertiary/aromatic N) is 1. The second-order valence-corrected chi connectivity index (χ2v) is 10.8. The zero-order chi connectivity index (χ0) is 23.5. The van der Waals surface area contributed by atoms with E-state index in [4.69, 9.17) is 11.6 Å². The number of aromatic nitrogens is 1.